The zero-order valence-electron chi connectivity index (χ0n) is 16.2. The summed E-state index contributed by atoms with van der Waals surface area (Å²) in [7, 11) is 0. The van der Waals surface area contributed by atoms with Gasteiger partial charge in [-0.05, 0) is 11.6 Å². The zero-order valence-corrected chi connectivity index (χ0v) is 17.0. The lowest BCUT2D eigenvalue weighted by atomic mass is 9.49. The standard InChI is InChI=1S/C21H21ClN4O2/c1-20(2)18(26-11-12-5-6-24-10-14(12)17(26)27)21(3,4)19(20)28-13-7-15(22)16(8-23)25-9-13/h5-7,9-10,18-19H,11H2,1-4H3. The second-order valence-corrected chi connectivity index (χ2v) is 9.03. The fourth-order valence-corrected chi connectivity index (χ4v) is 5.49. The molecule has 144 valence electrons. The third kappa shape index (κ3) is 2.57. The summed E-state index contributed by atoms with van der Waals surface area (Å²) in [5, 5.41) is 9.26. The Morgan fingerprint density at radius 2 is 2.00 bits per heavy atom. The highest BCUT2D eigenvalue weighted by Crippen LogP contribution is 2.59. The van der Waals surface area contributed by atoms with Crippen LogP contribution in [0.4, 0.5) is 0 Å². The maximum atomic E-state index is 13.0. The van der Waals surface area contributed by atoms with Gasteiger partial charge in [0.05, 0.1) is 16.8 Å². The minimum absolute atomic E-state index is 0.00622. The summed E-state index contributed by atoms with van der Waals surface area (Å²) in [5.74, 6) is 0.546. The van der Waals surface area contributed by atoms with Crippen LogP contribution in [0.15, 0.2) is 30.7 Å². The quantitative estimate of drug-likeness (QED) is 0.787. The number of halogens is 1. The van der Waals surface area contributed by atoms with Crippen molar-refractivity contribution in [3.8, 4) is 11.8 Å². The van der Waals surface area contributed by atoms with E-state index in [-0.39, 0.29) is 39.6 Å². The Kier molecular flexibility index (Phi) is 4.13. The average molecular weight is 397 g/mol. The van der Waals surface area contributed by atoms with Gasteiger partial charge in [0.15, 0.2) is 5.69 Å². The van der Waals surface area contributed by atoms with Crippen molar-refractivity contribution in [1.82, 2.24) is 14.9 Å². The first-order chi connectivity index (χ1) is 13.2. The van der Waals surface area contributed by atoms with Gasteiger partial charge in [-0.25, -0.2) is 4.98 Å². The van der Waals surface area contributed by atoms with Crippen LogP contribution in [0.2, 0.25) is 5.02 Å². The molecule has 0 bridgehead atoms. The smallest absolute Gasteiger partial charge is 0.256 e. The molecule has 2 aromatic heterocycles. The SMILES string of the molecule is CC1(C)C(Oc2cnc(C#N)c(Cl)c2)C(C)(C)C1N1Cc2ccncc2C1=O. The molecule has 0 unspecified atom stereocenters. The molecule has 1 aliphatic carbocycles. The Bertz CT molecular complexity index is 996. The predicted octanol–water partition coefficient (Wildman–Crippen LogP) is 3.84. The van der Waals surface area contributed by atoms with E-state index in [2.05, 4.69) is 37.7 Å². The van der Waals surface area contributed by atoms with E-state index in [9.17, 15) is 4.79 Å². The molecule has 6 nitrogen and oxygen atoms in total. The number of pyridine rings is 2. The van der Waals surface area contributed by atoms with Gasteiger partial charge in [0, 0.05) is 41.9 Å². The number of carbonyl (C=O) groups is 1. The Morgan fingerprint density at radius 1 is 1.29 bits per heavy atom. The molecule has 1 aliphatic heterocycles. The predicted molar refractivity (Wildman–Crippen MR) is 104 cm³/mol. The molecule has 1 saturated carbocycles. The van der Waals surface area contributed by atoms with Crippen molar-refractivity contribution in [1.29, 1.82) is 5.26 Å². The van der Waals surface area contributed by atoms with Gasteiger partial charge in [0.2, 0.25) is 0 Å². The van der Waals surface area contributed by atoms with Crippen LogP contribution in [0.5, 0.6) is 5.75 Å². The van der Waals surface area contributed by atoms with Crippen molar-refractivity contribution in [2.45, 2.75) is 46.4 Å². The summed E-state index contributed by atoms with van der Waals surface area (Å²) in [6.07, 6.45) is 4.74. The van der Waals surface area contributed by atoms with E-state index in [1.807, 2.05) is 17.0 Å². The van der Waals surface area contributed by atoms with Crippen molar-refractivity contribution < 1.29 is 9.53 Å². The van der Waals surface area contributed by atoms with E-state index in [4.69, 9.17) is 21.6 Å². The molecule has 0 aromatic carbocycles. The molecule has 1 amide bonds. The highest BCUT2D eigenvalue weighted by Gasteiger charge is 2.67. The molecule has 0 N–H and O–H groups in total. The highest BCUT2D eigenvalue weighted by atomic mass is 35.5. The molecule has 28 heavy (non-hydrogen) atoms. The summed E-state index contributed by atoms with van der Waals surface area (Å²) in [5.41, 5.74) is 1.30. The number of hydrogen-bond donors (Lipinski definition) is 0. The summed E-state index contributed by atoms with van der Waals surface area (Å²) in [6, 6.07) is 5.48. The summed E-state index contributed by atoms with van der Waals surface area (Å²) in [4.78, 5) is 23.1. The van der Waals surface area contributed by atoms with E-state index < -0.39 is 0 Å². The van der Waals surface area contributed by atoms with Gasteiger partial charge in [-0.15, -0.1) is 0 Å². The second kappa shape index (κ2) is 6.18. The van der Waals surface area contributed by atoms with E-state index in [1.54, 1.807) is 18.5 Å². The van der Waals surface area contributed by atoms with Gasteiger partial charge < -0.3 is 9.64 Å². The van der Waals surface area contributed by atoms with Crippen molar-refractivity contribution >= 4 is 17.5 Å². The van der Waals surface area contributed by atoms with Crippen LogP contribution in [0.1, 0.15) is 49.3 Å². The lowest BCUT2D eigenvalue weighted by Gasteiger charge is -2.65. The zero-order chi connectivity index (χ0) is 20.3. The number of nitriles is 1. The first kappa shape index (κ1) is 18.7. The fraction of sp³-hybridized carbons (Fsp3) is 0.429. The van der Waals surface area contributed by atoms with Gasteiger partial charge in [0.25, 0.3) is 5.91 Å². The Morgan fingerprint density at radius 3 is 2.61 bits per heavy atom. The normalized spacial score (nSPS) is 24.3. The number of nitrogens with zero attached hydrogens (tertiary/aromatic N) is 4. The molecule has 1 fully saturated rings. The average Bonchev–Trinajstić information content (AvgIpc) is 2.95. The number of ether oxygens (including phenoxy) is 1. The molecule has 2 aliphatic rings. The molecule has 0 saturated heterocycles. The highest BCUT2D eigenvalue weighted by molar-refractivity contribution is 6.31. The second-order valence-electron chi connectivity index (χ2n) is 8.62. The minimum Gasteiger partial charge on any atom is -0.487 e. The Hall–Kier alpha value is -2.65. The molecule has 4 rings (SSSR count). The summed E-state index contributed by atoms with van der Waals surface area (Å²) in [6.45, 7) is 9.04. The molecule has 3 heterocycles. The van der Waals surface area contributed by atoms with E-state index in [0.29, 0.717) is 17.9 Å². The first-order valence-corrected chi connectivity index (χ1v) is 9.52. The van der Waals surface area contributed by atoms with Crippen molar-refractivity contribution in [2.75, 3.05) is 0 Å². The van der Waals surface area contributed by atoms with Gasteiger partial charge in [-0.3, -0.25) is 9.78 Å². The molecule has 7 heteroatoms. The van der Waals surface area contributed by atoms with E-state index in [0.717, 1.165) is 5.56 Å². The maximum absolute atomic E-state index is 13.0. The fourth-order valence-electron chi connectivity index (χ4n) is 5.29. The van der Waals surface area contributed by atoms with Crippen LogP contribution >= 0.6 is 11.6 Å². The van der Waals surface area contributed by atoms with E-state index in [1.165, 1.54) is 6.20 Å². The van der Waals surface area contributed by atoms with Crippen LogP contribution in [-0.4, -0.2) is 32.9 Å². The number of rotatable bonds is 3. The molecular weight excluding hydrogens is 376 g/mol. The number of fused-ring (bicyclic) bond motifs is 1. The lowest BCUT2D eigenvalue weighted by Crippen LogP contribution is -2.74. The number of aromatic nitrogens is 2. The van der Waals surface area contributed by atoms with Gasteiger partial charge in [0.1, 0.15) is 17.9 Å². The first-order valence-electron chi connectivity index (χ1n) is 9.14. The number of carbonyl (C=O) groups excluding carboxylic acids is 1. The number of hydrogen-bond acceptors (Lipinski definition) is 5. The van der Waals surface area contributed by atoms with Crippen LogP contribution < -0.4 is 4.74 Å². The Balaban J connectivity index is 1.60. The Labute approximate surface area is 169 Å². The van der Waals surface area contributed by atoms with Crippen LogP contribution in [0.25, 0.3) is 0 Å². The maximum Gasteiger partial charge on any atom is 0.256 e. The van der Waals surface area contributed by atoms with E-state index >= 15 is 0 Å². The molecule has 0 radical (unpaired) electrons. The van der Waals surface area contributed by atoms with Gasteiger partial charge in [-0.1, -0.05) is 39.3 Å². The number of amides is 1. The lowest BCUT2D eigenvalue weighted by molar-refractivity contribution is -0.199. The topological polar surface area (TPSA) is 79.1 Å². The van der Waals surface area contributed by atoms with Crippen LogP contribution in [-0.2, 0) is 6.54 Å². The molecule has 2 aromatic rings. The van der Waals surface area contributed by atoms with Crippen molar-refractivity contribution in [3.63, 3.8) is 0 Å². The third-order valence-corrected chi connectivity index (χ3v) is 6.28. The minimum atomic E-state index is -0.283. The molecule has 0 spiro atoms. The summed E-state index contributed by atoms with van der Waals surface area (Å²) >= 11 is 6.10. The molecular formula is C21H21ClN4O2. The van der Waals surface area contributed by atoms with Gasteiger partial charge in [-0.2, -0.15) is 5.26 Å². The van der Waals surface area contributed by atoms with Crippen LogP contribution in [0, 0.1) is 22.2 Å². The third-order valence-electron chi connectivity index (χ3n) is 5.99. The summed E-state index contributed by atoms with van der Waals surface area (Å²) < 4.78 is 6.26. The largest absolute Gasteiger partial charge is 0.487 e. The van der Waals surface area contributed by atoms with Crippen molar-refractivity contribution in [2.24, 2.45) is 10.8 Å². The monoisotopic (exact) mass is 396 g/mol. The molecule has 0 atom stereocenters. The van der Waals surface area contributed by atoms with Crippen molar-refractivity contribution in [3.05, 3.63) is 52.6 Å². The van der Waals surface area contributed by atoms with Crippen LogP contribution in [0.3, 0.4) is 0 Å². The van der Waals surface area contributed by atoms with Gasteiger partial charge >= 0.3 is 0 Å².